The Morgan fingerprint density at radius 3 is 2.54 bits per heavy atom. The van der Waals surface area contributed by atoms with Gasteiger partial charge in [0.05, 0.1) is 10.5 Å². The molecule has 196 valence electrons. The summed E-state index contributed by atoms with van der Waals surface area (Å²) >= 11 is 0. The lowest BCUT2D eigenvalue weighted by Crippen LogP contribution is -2.50. The monoisotopic (exact) mass is 516 g/mol. The molecule has 0 amide bonds. The number of nitro benzene ring substituents is 1. The molecule has 0 saturated carbocycles. The number of hydrogen-bond donors (Lipinski definition) is 2. The summed E-state index contributed by atoms with van der Waals surface area (Å²) in [6, 6.07) is 10.2. The van der Waals surface area contributed by atoms with Gasteiger partial charge in [-0.2, -0.15) is 13.2 Å². The van der Waals surface area contributed by atoms with E-state index in [0.29, 0.717) is 42.2 Å². The van der Waals surface area contributed by atoms with Crippen LogP contribution in [0.4, 0.5) is 24.5 Å². The molecule has 0 atom stereocenters. The number of furan rings is 1. The van der Waals surface area contributed by atoms with Gasteiger partial charge in [-0.25, -0.2) is 0 Å². The first kappa shape index (κ1) is 24.8. The molecule has 11 heteroatoms. The lowest BCUT2D eigenvalue weighted by molar-refractivity contribution is -0.385. The van der Waals surface area contributed by atoms with Gasteiger partial charge in [0, 0.05) is 49.1 Å². The van der Waals surface area contributed by atoms with Crippen LogP contribution < -0.4 is 20.3 Å². The third-order valence-corrected chi connectivity index (χ3v) is 6.91. The van der Waals surface area contributed by atoms with E-state index in [4.69, 9.17) is 9.15 Å². The van der Waals surface area contributed by atoms with Crippen LogP contribution in [0.1, 0.15) is 31.1 Å². The van der Waals surface area contributed by atoms with Crippen molar-refractivity contribution < 1.29 is 27.2 Å². The lowest BCUT2D eigenvalue weighted by atomic mass is 9.92. The third kappa shape index (κ3) is 5.45. The second-order valence-corrected chi connectivity index (χ2v) is 9.75. The minimum absolute atomic E-state index is 0.0883. The fourth-order valence-electron chi connectivity index (χ4n) is 4.82. The van der Waals surface area contributed by atoms with Crippen molar-refractivity contribution in [2.24, 2.45) is 5.92 Å². The highest BCUT2D eigenvalue weighted by molar-refractivity contribution is 5.78. The molecule has 0 unspecified atom stereocenters. The van der Waals surface area contributed by atoms with Gasteiger partial charge in [0.1, 0.15) is 23.6 Å². The highest BCUT2D eigenvalue weighted by atomic mass is 19.4. The van der Waals surface area contributed by atoms with Crippen molar-refractivity contribution >= 4 is 22.3 Å². The van der Waals surface area contributed by atoms with E-state index in [2.05, 4.69) is 15.5 Å². The number of nitro groups is 1. The number of benzene rings is 2. The summed E-state index contributed by atoms with van der Waals surface area (Å²) in [7, 11) is 0. The van der Waals surface area contributed by atoms with Crippen molar-refractivity contribution in [3.05, 3.63) is 76.3 Å². The Hall–Kier alpha value is -3.89. The Morgan fingerprint density at radius 1 is 1.14 bits per heavy atom. The zero-order valence-corrected chi connectivity index (χ0v) is 20.2. The van der Waals surface area contributed by atoms with Crippen molar-refractivity contribution in [2.45, 2.75) is 38.0 Å². The maximum Gasteiger partial charge on any atom is 0.416 e. The summed E-state index contributed by atoms with van der Waals surface area (Å²) in [5.41, 5.74) is -0.112. The zero-order chi connectivity index (χ0) is 26.2. The first-order valence-corrected chi connectivity index (χ1v) is 12.1. The Kier molecular flexibility index (Phi) is 6.38. The molecule has 0 radical (unpaired) electrons. The number of fused-ring (bicyclic) bond motifs is 1. The van der Waals surface area contributed by atoms with E-state index in [-0.39, 0.29) is 18.0 Å². The van der Waals surface area contributed by atoms with E-state index in [0.717, 1.165) is 30.7 Å². The van der Waals surface area contributed by atoms with Crippen molar-refractivity contribution in [2.75, 3.05) is 24.6 Å². The molecule has 5 rings (SSSR count). The molecule has 1 saturated heterocycles. The van der Waals surface area contributed by atoms with Crippen LogP contribution in [0.3, 0.4) is 0 Å². The van der Waals surface area contributed by atoms with Crippen molar-refractivity contribution in [1.29, 1.82) is 0 Å². The molecular formula is C26H27F3N4O4. The van der Waals surface area contributed by atoms with Crippen LogP contribution in [-0.4, -0.2) is 30.3 Å². The fourth-order valence-corrected chi connectivity index (χ4v) is 4.82. The minimum atomic E-state index is -4.39. The molecule has 3 heterocycles. The molecule has 8 nitrogen and oxygen atoms in total. The molecule has 2 aliphatic heterocycles. The van der Waals surface area contributed by atoms with Gasteiger partial charge < -0.3 is 24.7 Å². The summed E-state index contributed by atoms with van der Waals surface area (Å²) in [6.07, 6.45) is 1.41. The summed E-state index contributed by atoms with van der Waals surface area (Å²) in [4.78, 5) is 13.4. The first-order chi connectivity index (χ1) is 17.6. The highest BCUT2D eigenvalue weighted by Gasteiger charge is 2.31. The Balaban J connectivity index is 1.21. The van der Waals surface area contributed by atoms with E-state index < -0.39 is 22.3 Å². The number of piperidine rings is 1. The third-order valence-electron chi connectivity index (χ3n) is 6.91. The topological polar surface area (TPSA) is 92.8 Å². The molecule has 3 aromatic rings. The fraction of sp³-hybridized carbons (Fsp3) is 0.385. The van der Waals surface area contributed by atoms with Gasteiger partial charge >= 0.3 is 11.9 Å². The predicted molar refractivity (Wildman–Crippen MR) is 132 cm³/mol. The summed E-state index contributed by atoms with van der Waals surface area (Å²) in [5.74, 6) is 1.18. The zero-order valence-electron chi connectivity index (χ0n) is 20.2. The SMILES string of the molecule is CC1(COc2ccc(N3CCC(Cc4cc5cc(C(F)(F)F)ccc5o4)CC3)cc2[N+](=O)[O-])NC=CN1. The number of alkyl halides is 3. The Labute approximate surface area is 211 Å². The molecule has 37 heavy (non-hydrogen) atoms. The molecule has 2 aliphatic rings. The number of halogens is 3. The lowest BCUT2D eigenvalue weighted by Gasteiger charge is -2.33. The number of anilines is 1. The number of ether oxygens (including phenoxy) is 1. The Bertz CT molecular complexity index is 1320. The Morgan fingerprint density at radius 2 is 1.86 bits per heavy atom. The van der Waals surface area contributed by atoms with E-state index in [9.17, 15) is 23.3 Å². The molecule has 0 aliphatic carbocycles. The van der Waals surface area contributed by atoms with Gasteiger partial charge in [-0.15, -0.1) is 0 Å². The van der Waals surface area contributed by atoms with E-state index in [1.54, 1.807) is 30.6 Å². The van der Waals surface area contributed by atoms with Crippen LogP contribution in [0.15, 0.2) is 59.3 Å². The quantitative estimate of drug-likeness (QED) is 0.313. The van der Waals surface area contributed by atoms with Gasteiger partial charge in [-0.1, -0.05) is 0 Å². The second kappa shape index (κ2) is 9.53. The van der Waals surface area contributed by atoms with Crippen molar-refractivity contribution in [1.82, 2.24) is 10.6 Å². The molecule has 1 fully saturated rings. The van der Waals surface area contributed by atoms with Crippen LogP contribution in [0.25, 0.3) is 11.0 Å². The van der Waals surface area contributed by atoms with E-state index >= 15 is 0 Å². The predicted octanol–water partition coefficient (Wildman–Crippen LogP) is 5.58. The average molecular weight is 517 g/mol. The molecule has 0 bridgehead atoms. The standard InChI is InChI=1S/C26H27F3N4O4/c1-25(30-8-9-31-25)16-36-24-5-3-20(15-22(24)33(34)35)32-10-6-17(7-11-32)12-21-14-18-13-19(26(27,28)29)2-4-23(18)37-21/h2-5,8-9,13-15,17,30-31H,6-7,10-12,16H2,1H3. The van der Waals surface area contributed by atoms with Crippen LogP contribution in [0, 0.1) is 16.0 Å². The largest absolute Gasteiger partial charge is 0.482 e. The summed E-state index contributed by atoms with van der Waals surface area (Å²) in [5, 5.41) is 18.4. The summed E-state index contributed by atoms with van der Waals surface area (Å²) < 4.78 is 50.5. The number of rotatable bonds is 7. The van der Waals surface area contributed by atoms with Crippen LogP contribution in [0.2, 0.25) is 0 Å². The second-order valence-electron chi connectivity index (χ2n) is 9.75. The van der Waals surface area contributed by atoms with Gasteiger partial charge in [-0.05, 0) is 62.1 Å². The van der Waals surface area contributed by atoms with Crippen molar-refractivity contribution in [3.8, 4) is 5.75 Å². The maximum atomic E-state index is 13.0. The van der Waals surface area contributed by atoms with Crippen LogP contribution in [-0.2, 0) is 12.6 Å². The highest BCUT2D eigenvalue weighted by Crippen LogP contribution is 2.36. The molecular weight excluding hydrogens is 489 g/mol. The first-order valence-electron chi connectivity index (χ1n) is 12.1. The van der Waals surface area contributed by atoms with Gasteiger partial charge in [0.15, 0.2) is 5.75 Å². The van der Waals surface area contributed by atoms with Gasteiger partial charge in [0.2, 0.25) is 0 Å². The van der Waals surface area contributed by atoms with Gasteiger partial charge in [0.25, 0.3) is 0 Å². The van der Waals surface area contributed by atoms with E-state index in [1.165, 1.54) is 6.07 Å². The average Bonchev–Trinajstić information content (AvgIpc) is 3.48. The van der Waals surface area contributed by atoms with Crippen molar-refractivity contribution in [3.63, 3.8) is 0 Å². The molecule has 2 aromatic carbocycles. The van der Waals surface area contributed by atoms with E-state index in [1.807, 2.05) is 13.0 Å². The number of nitrogens with one attached hydrogen (secondary N) is 2. The summed E-state index contributed by atoms with van der Waals surface area (Å²) in [6.45, 7) is 3.50. The van der Waals surface area contributed by atoms with Crippen LogP contribution >= 0.6 is 0 Å². The molecule has 1 aromatic heterocycles. The molecule has 2 N–H and O–H groups in total. The number of hydrogen-bond acceptors (Lipinski definition) is 7. The molecule has 0 spiro atoms. The maximum absolute atomic E-state index is 13.0. The number of nitrogens with zero attached hydrogens (tertiary/aromatic N) is 2. The van der Waals surface area contributed by atoms with Crippen LogP contribution in [0.5, 0.6) is 5.75 Å². The van der Waals surface area contributed by atoms with Gasteiger partial charge in [-0.3, -0.25) is 10.1 Å². The normalized spacial score (nSPS) is 17.6. The minimum Gasteiger partial charge on any atom is -0.482 e. The smallest absolute Gasteiger partial charge is 0.416 e.